The summed E-state index contributed by atoms with van der Waals surface area (Å²) >= 11 is 1.79. The molecule has 2 saturated heterocycles. The van der Waals surface area contributed by atoms with Crippen molar-refractivity contribution in [2.24, 2.45) is 0 Å². The highest BCUT2D eigenvalue weighted by atomic mass is 32.2. The van der Waals surface area contributed by atoms with Gasteiger partial charge in [0.1, 0.15) is 17.7 Å². The molecule has 1 aromatic rings. The molecule has 1 aromatic carbocycles. The van der Waals surface area contributed by atoms with Gasteiger partial charge in [0.2, 0.25) is 5.91 Å². The van der Waals surface area contributed by atoms with Gasteiger partial charge in [-0.2, -0.15) is 11.8 Å². The van der Waals surface area contributed by atoms with Gasteiger partial charge in [-0.15, -0.1) is 0 Å². The summed E-state index contributed by atoms with van der Waals surface area (Å²) in [5.41, 5.74) is 0.255. The molecular formula is C17H20F2N2O3S. The Labute approximate surface area is 149 Å². The summed E-state index contributed by atoms with van der Waals surface area (Å²) in [7, 11) is 0. The first-order valence-corrected chi connectivity index (χ1v) is 9.40. The normalized spacial score (nSPS) is 21.3. The lowest BCUT2D eigenvalue weighted by Gasteiger charge is -2.23. The van der Waals surface area contributed by atoms with E-state index in [1.807, 2.05) is 0 Å². The number of carbonyl (C=O) groups is 2. The first-order valence-electron chi connectivity index (χ1n) is 8.25. The molecule has 0 unspecified atom stereocenters. The van der Waals surface area contributed by atoms with Crippen molar-refractivity contribution in [3.8, 4) is 0 Å². The number of thioether (sulfide) groups is 1. The minimum absolute atomic E-state index is 0.117. The topological polar surface area (TPSA) is 58.6 Å². The van der Waals surface area contributed by atoms with Gasteiger partial charge in [0, 0.05) is 12.5 Å². The Balaban J connectivity index is 1.76. The van der Waals surface area contributed by atoms with Gasteiger partial charge < -0.3 is 10.1 Å². The molecule has 2 aliphatic rings. The third-order valence-electron chi connectivity index (χ3n) is 4.46. The number of cyclic esters (lactones) is 1. The largest absolute Gasteiger partial charge is 0.442 e. The van der Waals surface area contributed by atoms with Crippen molar-refractivity contribution in [2.75, 3.05) is 29.5 Å². The van der Waals surface area contributed by atoms with E-state index in [0.717, 1.165) is 24.3 Å². The third kappa shape index (κ3) is 4.05. The monoisotopic (exact) mass is 370 g/mol. The summed E-state index contributed by atoms with van der Waals surface area (Å²) in [6.45, 7) is 1.67. The van der Waals surface area contributed by atoms with Crippen molar-refractivity contribution in [3.63, 3.8) is 0 Å². The number of nitrogens with one attached hydrogen (secondary N) is 1. The standard InChI is InChI=1S/C17H20F2N2O3S/c1-10(22)20-8-13-9-21(17(23)24-13)12-6-14(18)16(15(19)7-12)11-2-4-25-5-3-11/h6-7,11,13H,2-5,8-9H2,1H3,(H,20,22)/t13-/m0/s1. The number of anilines is 1. The maximum atomic E-state index is 14.5. The van der Waals surface area contributed by atoms with Crippen molar-refractivity contribution < 1.29 is 23.1 Å². The second kappa shape index (κ2) is 7.59. The third-order valence-corrected chi connectivity index (χ3v) is 5.51. The molecule has 25 heavy (non-hydrogen) atoms. The van der Waals surface area contributed by atoms with Crippen LogP contribution < -0.4 is 10.2 Å². The molecule has 1 atom stereocenters. The maximum absolute atomic E-state index is 14.5. The van der Waals surface area contributed by atoms with E-state index in [2.05, 4.69) is 5.32 Å². The quantitative estimate of drug-likeness (QED) is 0.885. The number of amides is 2. The van der Waals surface area contributed by atoms with Gasteiger partial charge >= 0.3 is 6.09 Å². The molecule has 0 saturated carbocycles. The van der Waals surface area contributed by atoms with E-state index in [-0.39, 0.29) is 36.2 Å². The molecule has 5 nitrogen and oxygen atoms in total. The Hall–Kier alpha value is -1.83. The lowest BCUT2D eigenvalue weighted by atomic mass is 9.92. The van der Waals surface area contributed by atoms with Crippen LogP contribution in [0.1, 0.15) is 31.2 Å². The molecule has 136 valence electrons. The van der Waals surface area contributed by atoms with E-state index < -0.39 is 23.8 Å². The molecule has 2 aliphatic heterocycles. The second-order valence-corrected chi connectivity index (χ2v) is 7.49. The average Bonchev–Trinajstić information content (AvgIpc) is 2.94. The van der Waals surface area contributed by atoms with Crippen LogP contribution in [-0.2, 0) is 9.53 Å². The predicted octanol–water partition coefficient (Wildman–Crippen LogP) is 3.04. The zero-order valence-electron chi connectivity index (χ0n) is 13.9. The van der Waals surface area contributed by atoms with E-state index in [1.54, 1.807) is 11.8 Å². The molecule has 0 aliphatic carbocycles. The Morgan fingerprint density at radius 3 is 2.56 bits per heavy atom. The van der Waals surface area contributed by atoms with Crippen LogP contribution in [-0.4, -0.2) is 42.7 Å². The zero-order chi connectivity index (χ0) is 18.0. The number of halogens is 2. The lowest BCUT2D eigenvalue weighted by molar-refractivity contribution is -0.119. The minimum atomic E-state index is -0.670. The van der Waals surface area contributed by atoms with Gasteiger partial charge in [-0.3, -0.25) is 9.69 Å². The molecule has 0 spiro atoms. The number of hydrogen-bond acceptors (Lipinski definition) is 4. The number of carbonyl (C=O) groups excluding carboxylic acids is 2. The summed E-state index contributed by atoms with van der Waals surface area (Å²) < 4.78 is 34.2. The molecule has 2 amide bonds. The highest BCUT2D eigenvalue weighted by Crippen LogP contribution is 2.36. The van der Waals surface area contributed by atoms with Crippen LogP contribution in [0.25, 0.3) is 0 Å². The summed E-state index contributed by atoms with van der Waals surface area (Å²) in [4.78, 5) is 24.1. The summed E-state index contributed by atoms with van der Waals surface area (Å²) in [5.74, 6) is 0.202. The van der Waals surface area contributed by atoms with E-state index in [9.17, 15) is 18.4 Å². The smallest absolute Gasteiger partial charge is 0.414 e. The van der Waals surface area contributed by atoms with Crippen LogP contribution in [0, 0.1) is 11.6 Å². The van der Waals surface area contributed by atoms with Gasteiger partial charge in [-0.1, -0.05) is 0 Å². The van der Waals surface area contributed by atoms with Gasteiger partial charge in [0.15, 0.2) is 0 Å². The Morgan fingerprint density at radius 1 is 1.32 bits per heavy atom. The first kappa shape index (κ1) is 18.0. The number of hydrogen-bond donors (Lipinski definition) is 1. The highest BCUT2D eigenvalue weighted by molar-refractivity contribution is 7.99. The predicted molar refractivity (Wildman–Crippen MR) is 92.0 cm³/mol. The van der Waals surface area contributed by atoms with E-state index >= 15 is 0 Å². The van der Waals surface area contributed by atoms with Gasteiger partial charge in [0.25, 0.3) is 0 Å². The molecule has 8 heteroatoms. The average molecular weight is 370 g/mol. The summed E-state index contributed by atoms with van der Waals surface area (Å²) in [6, 6.07) is 2.39. The van der Waals surface area contributed by atoms with Crippen molar-refractivity contribution >= 4 is 29.4 Å². The van der Waals surface area contributed by atoms with Crippen LogP contribution in [0.5, 0.6) is 0 Å². The fourth-order valence-electron chi connectivity index (χ4n) is 3.20. The number of benzene rings is 1. The van der Waals surface area contributed by atoms with Crippen LogP contribution in [0.15, 0.2) is 12.1 Å². The molecule has 0 aromatic heterocycles. The Kier molecular flexibility index (Phi) is 5.46. The molecular weight excluding hydrogens is 350 g/mol. The van der Waals surface area contributed by atoms with Gasteiger partial charge in [-0.25, -0.2) is 13.6 Å². The van der Waals surface area contributed by atoms with Crippen LogP contribution in [0.2, 0.25) is 0 Å². The van der Waals surface area contributed by atoms with Crippen molar-refractivity contribution in [3.05, 3.63) is 29.3 Å². The minimum Gasteiger partial charge on any atom is -0.442 e. The summed E-state index contributed by atoms with van der Waals surface area (Å²) in [5, 5.41) is 2.56. The van der Waals surface area contributed by atoms with Crippen molar-refractivity contribution in [2.45, 2.75) is 31.8 Å². The molecule has 0 bridgehead atoms. The van der Waals surface area contributed by atoms with Gasteiger partial charge in [0.05, 0.1) is 18.8 Å². The second-order valence-electron chi connectivity index (χ2n) is 6.26. The molecule has 2 fully saturated rings. The lowest BCUT2D eigenvalue weighted by Crippen LogP contribution is -2.33. The number of rotatable bonds is 4. The Morgan fingerprint density at radius 2 is 1.96 bits per heavy atom. The summed E-state index contributed by atoms with van der Waals surface area (Å²) in [6.07, 6.45) is 0.290. The SMILES string of the molecule is CC(=O)NC[C@H]1CN(c2cc(F)c(C3CCSCC3)c(F)c2)C(=O)O1. The van der Waals surface area contributed by atoms with Crippen molar-refractivity contribution in [1.29, 1.82) is 0 Å². The number of nitrogens with zero attached hydrogens (tertiary/aromatic N) is 1. The van der Waals surface area contributed by atoms with E-state index in [0.29, 0.717) is 0 Å². The van der Waals surface area contributed by atoms with Gasteiger partial charge in [-0.05, 0) is 42.4 Å². The molecule has 2 heterocycles. The highest BCUT2D eigenvalue weighted by Gasteiger charge is 2.34. The number of ether oxygens (including phenoxy) is 1. The first-order chi connectivity index (χ1) is 12.0. The van der Waals surface area contributed by atoms with E-state index in [1.165, 1.54) is 24.0 Å². The van der Waals surface area contributed by atoms with Crippen LogP contribution in [0.3, 0.4) is 0 Å². The zero-order valence-corrected chi connectivity index (χ0v) is 14.7. The van der Waals surface area contributed by atoms with Crippen LogP contribution in [0.4, 0.5) is 19.3 Å². The van der Waals surface area contributed by atoms with E-state index in [4.69, 9.17) is 4.74 Å². The van der Waals surface area contributed by atoms with Crippen molar-refractivity contribution in [1.82, 2.24) is 5.32 Å². The van der Waals surface area contributed by atoms with Crippen LogP contribution >= 0.6 is 11.8 Å². The fourth-order valence-corrected chi connectivity index (χ4v) is 4.31. The fraction of sp³-hybridized carbons (Fsp3) is 0.529. The maximum Gasteiger partial charge on any atom is 0.414 e. The molecule has 1 N–H and O–H groups in total. The molecule has 0 radical (unpaired) electrons. The molecule has 3 rings (SSSR count). The Bertz CT molecular complexity index is 657.